The number of amides is 1. The Morgan fingerprint density at radius 2 is 1.68 bits per heavy atom. The Morgan fingerprint density at radius 1 is 1.07 bits per heavy atom. The minimum Gasteiger partial charge on any atom is -0.337 e. The van der Waals surface area contributed by atoms with Crippen LogP contribution in [0.1, 0.15) is 45.6 Å². The fourth-order valence-corrected chi connectivity index (χ4v) is 3.88. The normalized spacial score (nSPS) is 15.4. The Hall–Kier alpha value is -0.810. The van der Waals surface area contributed by atoms with Crippen LogP contribution in [0.15, 0.2) is 30.3 Å². The number of hydrogen-bond acceptors (Lipinski definition) is 3. The van der Waals surface area contributed by atoms with E-state index in [2.05, 4.69) is 60.2 Å². The van der Waals surface area contributed by atoms with Crippen molar-refractivity contribution < 1.29 is 4.79 Å². The van der Waals surface area contributed by atoms with Gasteiger partial charge in [0.05, 0.1) is 0 Å². The van der Waals surface area contributed by atoms with Gasteiger partial charge in [0.2, 0.25) is 5.91 Å². The van der Waals surface area contributed by atoms with E-state index in [9.17, 15) is 4.79 Å². The predicted molar refractivity (Wildman–Crippen MR) is 124 cm³/mol. The van der Waals surface area contributed by atoms with E-state index in [0.717, 1.165) is 45.8 Å². The summed E-state index contributed by atoms with van der Waals surface area (Å²) in [7, 11) is 0. The minimum atomic E-state index is 0. The third kappa shape index (κ3) is 9.13. The first-order chi connectivity index (χ1) is 12.6. The highest BCUT2D eigenvalue weighted by atomic mass is 35.5. The van der Waals surface area contributed by atoms with E-state index in [0.29, 0.717) is 24.2 Å². The number of halogens is 2. The molecule has 1 unspecified atom stereocenters. The molecule has 1 heterocycles. The summed E-state index contributed by atoms with van der Waals surface area (Å²) in [6.45, 7) is 13.4. The van der Waals surface area contributed by atoms with Crippen LogP contribution in [0.2, 0.25) is 0 Å². The lowest BCUT2D eigenvalue weighted by Gasteiger charge is -2.31. The molecule has 28 heavy (non-hydrogen) atoms. The molecule has 1 saturated heterocycles. The molecule has 2 rings (SSSR count). The summed E-state index contributed by atoms with van der Waals surface area (Å²) >= 11 is 0. The van der Waals surface area contributed by atoms with E-state index >= 15 is 0 Å². The van der Waals surface area contributed by atoms with Crippen LogP contribution in [0.3, 0.4) is 0 Å². The monoisotopic (exact) mass is 431 g/mol. The van der Waals surface area contributed by atoms with Crippen molar-refractivity contribution in [3.05, 3.63) is 35.9 Å². The molecule has 1 amide bonds. The van der Waals surface area contributed by atoms with Crippen molar-refractivity contribution in [1.29, 1.82) is 0 Å². The predicted octanol–water partition coefficient (Wildman–Crippen LogP) is 4.23. The Labute approximate surface area is 184 Å². The second-order valence-electron chi connectivity index (χ2n) is 7.60. The van der Waals surface area contributed by atoms with Crippen LogP contribution >= 0.6 is 24.8 Å². The molecule has 6 heteroatoms. The van der Waals surface area contributed by atoms with E-state index < -0.39 is 0 Å². The van der Waals surface area contributed by atoms with E-state index in [1.807, 2.05) is 6.07 Å². The first kappa shape index (κ1) is 27.2. The van der Waals surface area contributed by atoms with E-state index in [1.165, 1.54) is 18.4 Å². The van der Waals surface area contributed by atoms with Crippen molar-refractivity contribution in [3.63, 3.8) is 0 Å². The number of nitrogens with one attached hydrogen (secondary N) is 1. The summed E-state index contributed by atoms with van der Waals surface area (Å²) in [6.07, 6.45) is 3.08. The van der Waals surface area contributed by atoms with Crippen LogP contribution < -0.4 is 5.32 Å². The topological polar surface area (TPSA) is 35.6 Å². The number of benzene rings is 1. The van der Waals surface area contributed by atoms with Crippen molar-refractivity contribution in [1.82, 2.24) is 15.1 Å². The highest BCUT2D eigenvalue weighted by Gasteiger charge is 2.24. The Morgan fingerprint density at radius 3 is 2.25 bits per heavy atom. The molecule has 1 aliphatic heterocycles. The highest BCUT2D eigenvalue weighted by molar-refractivity contribution is 5.85. The maximum Gasteiger partial charge on any atom is 0.223 e. The summed E-state index contributed by atoms with van der Waals surface area (Å²) < 4.78 is 0. The summed E-state index contributed by atoms with van der Waals surface area (Å²) in [5.74, 6) is 1.46. The zero-order valence-electron chi connectivity index (χ0n) is 17.7. The van der Waals surface area contributed by atoms with Gasteiger partial charge < -0.3 is 15.1 Å². The van der Waals surface area contributed by atoms with E-state index in [4.69, 9.17) is 0 Å². The van der Waals surface area contributed by atoms with Crippen molar-refractivity contribution in [2.75, 3.05) is 39.3 Å². The van der Waals surface area contributed by atoms with Crippen molar-refractivity contribution in [2.45, 2.75) is 46.6 Å². The molecule has 1 aliphatic rings. The first-order valence-electron chi connectivity index (χ1n) is 10.4. The molecular weight excluding hydrogens is 393 g/mol. The second-order valence-corrected chi connectivity index (χ2v) is 7.60. The van der Waals surface area contributed by atoms with Crippen LogP contribution in [-0.2, 0) is 11.3 Å². The average Bonchev–Trinajstić information content (AvgIpc) is 2.69. The molecule has 0 bridgehead atoms. The van der Waals surface area contributed by atoms with E-state index in [-0.39, 0.29) is 24.8 Å². The Balaban J connectivity index is 0.00000364. The van der Waals surface area contributed by atoms with Crippen molar-refractivity contribution in [3.8, 4) is 0 Å². The lowest BCUT2D eigenvalue weighted by molar-refractivity contribution is -0.133. The third-order valence-electron chi connectivity index (χ3n) is 5.83. The fourth-order valence-electron chi connectivity index (χ4n) is 3.88. The third-order valence-corrected chi connectivity index (χ3v) is 5.83. The lowest BCUT2D eigenvalue weighted by Crippen LogP contribution is -2.40. The number of piperidine rings is 1. The molecular formula is C22H39Cl2N3O. The maximum absolute atomic E-state index is 13.1. The number of carbonyl (C=O) groups is 1. The van der Waals surface area contributed by atoms with Gasteiger partial charge in [-0.2, -0.15) is 0 Å². The highest BCUT2D eigenvalue weighted by Crippen LogP contribution is 2.25. The lowest BCUT2D eigenvalue weighted by atomic mass is 9.84. The van der Waals surface area contributed by atoms with Gasteiger partial charge in [-0.05, 0) is 56.4 Å². The second kappa shape index (κ2) is 15.1. The first-order valence-corrected chi connectivity index (χ1v) is 10.4. The molecule has 0 radical (unpaired) electrons. The quantitative estimate of drug-likeness (QED) is 0.601. The number of hydrogen-bond donors (Lipinski definition) is 1. The molecule has 0 spiro atoms. The van der Waals surface area contributed by atoms with Gasteiger partial charge in [-0.3, -0.25) is 4.79 Å². The zero-order chi connectivity index (χ0) is 18.8. The van der Waals surface area contributed by atoms with Gasteiger partial charge in [-0.15, -0.1) is 24.8 Å². The molecule has 1 fully saturated rings. The molecule has 1 aromatic carbocycles. The SMILES string of the molecule is CCN(CC)CCN(Cc1ccccc1)C(=O)CC(C)C1CCNCC1.Cl.Cl. The largest absolute Gasteiger partial charge is 0.337 e. The van der Waals surface area contributed by atoms with Crippen LogP contribution in [0, 0.1) is 11.8 Å². The minimum absolute atomic E-state index is 0. The molecule has 1 atom stereocenters. The standard InChI is InChI=1S/C22H37N3O.2ClH/c1-4-24(5-2)15-16-25(18-20-9-7-6-8-10-20)22(26)17-19(3)21-11-13-23-14-12-21;;/h6-10,19,21,23H,4-5,11-18H2,1-3H3;2*1H. The maximum atomic E-state index is 13.1. The van der Waals surface area contributed by atoms with Gasteiger partial charge in [-0.25, -0.2) is 0 Å². The van der Waals surface area contributed by atoms with Gasteiger partial charge in [0, 0.05) is 26.1 Å². The number of carbonyl (C=O) groups excluding carboxylic acids is 1. The zero-order valence-corrected chi connectivity index (χ0v) is 19.4. The smallest absolute Gasteiger partial charge is 0.223 e. The fraction of sp³-hybridized carbons (Fsp3) is 0.682. The number of likely N-dealkylation sites (N-methyl/N-ethyl adjacent to an activating group) is 1. The molecule has 162 valence electrons. The van der Waals surface area contributed by atoms with Crippen LogP contribution in [0.25, 0.3) is 0 Å². The average molecular weight is 432 g/mol. The Kier molecular flexibility index (Phi) is 14.6. The summed E-state index contributed by atoms with van der Waals surface area (Å²) in [4.78, 5) is 17.5. The molecule has 1 N–H and O–H groups in total. The van der Waals surface area contributed by atoms with Gasteiger partial charge >= 0.3 is 0 Å². The van der Waals surface area contributed by atoms with Crippen molar-refractivity contribution >= 4 is 30.7 Å². The van der Waals surface area contributed by atoms with Gasteiger partial charge in [0.25, 0.3) is 0 Å². The number of rotatable bonds is 10. The summed E-state index contributed by atoms with van der Waals surface area (Å²) in [5, 5.41) is 3.42. The van der Waals surface area contributed by atoms with Gasteiger partial charge in [-0.1, -0.05) is 51.1 Å². The molecule has 4 nitrogen and oxygen atoms in total. The summed E-state index contributed by atoms with van der Waals surface area (Å²) in [5.41, 5.74) is 1.22. The molecule has 0 aliphatic carbocycles. The molecule has 0 saturated carbocycles. The van der Waals surface area contributed by atoms with Crippen LogP contribution in [0.5, 0.6) is 0 Å². The molecule has 1 aromatic rings. The van der Waals surface area contributed by atoms with Crippen molar-refractivity contribution in [2.24, 2.45) is 11.8 Å². The van der Waals surface area contributed by atoms with Gasteiger partial charge in [0.1, 0.15) is 0 Å². The number of nitrogens with zero attached hydrogens (tertiary/aromatic N) is 2. The van der Waals surface area contributed by atoms with Gasteiger partial charge in [0.15, 0.2) is 0 Å². The molecule has 0 aromatic heterocycles. The van der Waals surface area contributed by atoms with Crippen LogP contribution in [-0.4, -0.2) is 55.0 Å². The van der Waals surface area contributed by atoms with Crippen LogP contribution in [0.4, 0.5) is 0 Å². The summed E-state index contributed by atoms with van der Waals surface area (Å²) in [6, 6.07) is 10.4. The Bertz CT molecular complexity index is 520. The van der Waals surface area contributed by atoms with E-state index in [1.54, 1.807) is 0 Å².